The van der Waals surface area contributed by atoms with Crippen molar-refractivity contribution in [3.8, 4) is 0 Å². The zero-order valence-corrected chi connectivity index (χ0v) is 32.4. The summed E-state index contributed by atoms with van der Waals surface area (Å²) >= 11 is 0. The van der Waals surface area contributed by atoms with Crippen LogP contribution in [0.3, 0.4) is 0 Å². The van der Waals surface area contributed by atoms with Crippen molar-refractivity contribution in [2.45, 2.75) is 116 Å². The number of carbonyl (C=O) groups excluding carboxylic acids is 3. The van der Waals surface area contributed by atoms with Crippen LogP contribution < -0.4 is 0 Å². The van der Waals surface area contributed by atoms with E-state index in [9.17, 15) is 107 Å². The van der Waals surface area contributed by atoms with Crippen molar-refractivity contribution in [2.24, 2.45) is 16.2 Å². The van der Waals surface area contributed by atoms with Gasteiger partial charge in [0.25, 0.3) is 0 Å². The molecule has 0 saturated carbocycles. The van der Waals surface area contributed by atoms with Gasteiger partial charge in [-0.25, -0.2) is 0 Å². The van der Waals surface area contributed by atoms with Gasteiger partial charge in [-0.05, 0) is 0 Å². The maximum Gasteiger partial charge on any atom is 0.460 e. The van der Waals surface area contributed by atoms with Gasteiger partial charge < -0.3 is 15.3 Å². The van der Waals surface area contributed by atoms with Gasteiger partial charge in [-0.2, -0.15) is 92.2 Å². The summed E-state index contributed by atoms with van der Waals surface area (Å²) in [7, 11) is 0. The van der Waals surface area contributed by atoms with E-state index in [0.29, 0.717) is 0 Å². The normalized spacial score (nSPS) is 15.3. The van der Waals surface area contributed by atoms with E-state index in [-0.39, 0.29) is 55.5 Å². The topological polar surface area (TPSA) is 112 Å². The van der Waals surface area contributed by atoms with Crippen LogP contribution in [0.5, 0.6) is 0 Å². The second-order valence-electron chi connectivity index (χ2n) is 14.4. The van der Waals surface area contributed by atoms with Crippen LogP contribution in [0.2, 0.25) is 0 Å². The maximum absolute atomic E-state index is 12.9. The molecule has 0 spiro atoms. The van der Waals surface area contributed by atoms with E-state index in [2.05, 4.69) is 0 Å². The molecule has 0 atom stereocenters. The molecule has 58 heavy (non-hydrogen) atoms. The maximum atomic E-state index is 12.9. The summed E-state index contributed by atoms with van der Waals surface area (Å²) in [5, 5.41) is 27.5. The number of aliphatic hydroxyl groups is 3. The molecule has 0 saturated heterocycles. The predicted octanol–water partition coefficient (Wildman–Crippen LogP) is 11.6. The molecule has 348 valence electrons. The first-order chi connectivity index (χ1) is 24.1. The van der Waals surface area contributed by atoms with Crippen LogP contribution in [-0.4, -0.2) is 86.7 Å². The molecule has 0 heterocycles. The summed E-state index contributed by atoms with van der Waals surface area (Å²) in [5.74, 6) is -49.1. The number of hydrogen-bond acceptors (Lipinski definition) is 6. The van der Waals surface area contributed by atoms with Crippen LogP contribution in [0.25, 0.3) is 0 Å². The molecule has 0 bridgehead atoms. The standard InChI is InChI=1S/3C10H11F7O2.Er/c3*1-7(2,3)5(18)4-6(19)8(11,12)9(13,14)10(15,16)17;/h3*4,18H,1-3H3;/b3*5-4+;. The fourth-order valence-electron chi connectivity index (χ4n) is 2.29. The average Bonchev–Trinajstić information content (AvgIpc) is 2.93. The Morgan fingerprint density at radius 3 is 0.534 bits per heavy atom. The SMILES string of the molecule is CC(C)(C)/C(O)=C\C(=O)C(F)(F)C(F)(F)C(F)(F)F.CC(C)(C)/C(O)=C\C(=O)C(F)(F)C(F)(F)C(F)(F)F.CC(C)(C)/C(O)=C\C(=O)C(F)(F)C(F)(F)C(F)(F)F.[Er]. The van der Waals surface area contributed by atoms with Crippen molar-refractivity contribution in [3.63, 3.8) is 0 Å². The Hall–Kier alpha value is -2.59. The smallest absolute Gasteiger partial charge is 0.460 e. The first-order valence-corrected chi connectivity index (χ1v) is 14.5. The van der Waals surface area contributed by atoms with E-state index in [0.717, 1.165) is 0 Å². The zero-order valence-electron chi connectivity index (χ0n) is 30.5. The largest absolute Gasteiger partial charge is 0.512 e. The van der Waals surface area contributed by atoms with Crippen molar-refractivity contribution >= 4 is 17.3 Å². The summed E-state index contributed by atoms with van der Waals surface area (Å²) < 4.78 is 258. The predicted molar refractivity (Wildman–Crippen MR) is 153 cm³/mol. The molecule has 0 unspecified atom stereocenters. The molecule has 0 aromatic carbocycles. The fourth-order valence-corrected chi connectivity index (χ4v) is 2.29. The van der Waals surface area contributed by atoms with E-state index in [1.54, 1.807) is 0 Å². The fraction of sp³-hybridized carbons (Fsp3) is 0.700. The number of hydrogen-bond donors (Lipinski definition) is 3. The van der Waals surface area contributed by atoms with Crippen molar-refractivity contribution in [3.05, 3.63) is 35.5 Å². The molecular weight excluding hydrogens is 1020 g/mol. The van der Waals surface area contributed by atoms with Gasteiger partial charge in [0.15, 0.2) is 0 Å². The van der Waals surface area contributed by atoms with Crippen LogP contribution in [0.4, 0.5) is 92.2 Å². The minimum Gasteiger partial charge on any atom is -0.512 e. The zero-order chi connectivity index (χ0) is 47.6. The Bertz CT molecular complexity index is 1350. The van der Waals surface area contributed by atoms with Gasteiger partial charge in [0.2, 0.25) is 17.3 Å². The summed E-state index contributed by atoms with van der Waals surface area (Å²) in [4.78, 5) is 32.5. The minimum atomic E-state index is -6.59. The molecule has 0 aliphatic heterocycles. The van der Waals surface area contributed by atoms with Crippen LogP contribution in [0.1, 0.15) is 62.3 Å². The van der Waals surface area contributed by atoms with Crippen LogP contribution in [0.15, 0.2) is 35.5 Å². The summed E-state index contributed by atoms with van der Waals surface area (Å²) in [6, 6.07) is 0. The number of alkyl halides is 21. The van der Waals surface area contributed by atoms with E-state index in [4.69, 9.17) is 15.3 Å². The number of ketones is 3. The molecular formula is C30H33ErF21O6. The minimum absolute atomic E-state index is 0. The van der Waals surface area contributed by atoms with Crippen LogP contribution in [0, 0.1) is 53.6 Å². The van der Waals surface area contributed by atoms with Gasteiger partial charge in [-0.3, -0.25) is 14.4 Å². The van der Waals surface area contributed by atoms with Crippen molar-refractivity contribution < 1.29 is 159 Å². The molecule has 0 rings (SSSR count). The third-order valence-electron chi connectivity index (χ3n) is 6.29. The Morgan fingerprint density at radius 1 is 0.328 bits per heavy atom. The van der Waals surface area contributed by atoms with Gasteiger partial charge >= 0.3 is 54.1 Å². The van der Waals surface area contributed by atoms with Gasteiger partial charge in [-0.15, -0.1) is 0 Å². The Morgan fingerprint density at radius 2 is 0.448 bits per heavy atom. The number of halogens is 21. The molecule has 6 nitrogen and oxygen atoms in total. The van der Waals surface area contributed by atoms with Gasteiger partial charge in [0.05, 0.1) is 0 Å². The van der Waals surface area contributed by atoms with Gasteiger partial charge in [0, 0.05) is 71.8 Å². The molecule has 28 heteroatoms. The third-order valence-corrected chi connectivity index (χ3v) is 6.29. The molecule has 0 amide bonds. The molecule has 0 radical (unpaired) electrons. The summed E-state index contributed by atoms with van der Waals surface area (Å²) in [5.41, 5.74) is -3.75. The van der Waals surface area contributed by atoms with Gasteiger partial charge in [-0.1, -0.05) is 62.3 Å². The first kappa shape index (κ1) is 62.1. The Kier molecular flexibility index (Phi) is 20.3. The molecule has 0 aromatic rings. The second kappa shape index (κ2) is 19.0. The van der Waals surface area contributed by atoms with E-state index < -0.39 is 105 Å². The monoisotopic (exact) mass is 1050 g/mol. The van der Waals surface area contributed by atoms with Crippen LogP contribution >= 0.6 is 0 Å². The van der Waals surface area contributed by atoms with Crippen molar-refractivity contribution in [1.82, 2.24) is 0 Å². The van der Waals surface area contributed by atoms with Crippen molar-refractivity contribution in [2.75, 3.05) is 0 Å². The first-order valence-electron chi connectivity index (χ1n) is 14.5. The van der Waals surface area contributed by atoms with E-state index >= 15 is 0 Å². The molecule has 0 fully saturated rings. The Balaban J connectivity index is -0.000000374. The molecule has 0 aromatic heterocycles. The number of allylic oxidation sites excluding steroid dienone is 6. The number of rotatable bonds is 9. The van der Waals surface area contributed by atoms with Crippen LogP contribution in [-0.2, 0) is 14.4 Å². The second-order valence-corrected chi connectivity index (χ2v) is 14.4. The third kappa shape index (κ3) is 14.8. The summed E-state index contributed by atoms with van der Waals surface area (Å²) in [6.45, 7) is 11.2. The Labute approximate surface area is 343 Å². The molecule has 0 aliphatic carbocycles. The number of carbonyl (C=O) groups is 3. The number of aliphatic hydroxyl groups excluding tert-OH is 3. The van der Waals surface area contributed by atoms with Crippen molar-refractivity contribution in [1.29, 1.82) is 0 Å². The van der Waals surface area contributed by atoms with Gasteiger partial charge in [0.1, 0.15) is 17.3 Å². The molecule has 0 aliphatic rings. The molecule has 3 N–H and O–H groups in total. The summed E-state index contributed by atoms with van der Waals surface area (Å²) in [6.07, 6.45) is -20.7. The van der Waals surface area contributed by atoms with E-state index in [1.807, 2.05) is 0 Å². The van der Waals surface area contributed by atoms with E-state index in [1.165, 1.54) is 62.3 Å². The quantitative estimate of drug-likeness (QED) is 0.120. The average molecular weight is 1060 g/mol.